The summed E-state index contributed by atoms with van der Waals surface area (Å²) in [7, 11) is -0.361. The highest BCUT2D eigenvalue weighted by Crippen LogP contribution is 2.42. The van der Waals surface area contributed by atoms with Gasteiger partial charge in [0.1, 0.15) is 17.1 Å². The molecule has 2 aromatic carbocycles. The summed E-state index contributed by atoms with van der Waals surface area (Å²) in [6, 6.07) is 13.7. The van der Waals surface area contributed by atoms with Crippen molar-refractivity contribution in [3.63, 3.8) is 0 Å². The highest BCUT2D eigenvalue weighted by Gasteiger charge is 2.48. The van der Waals surface area contributed by atoms with Crippen LogP contribution in [0.5, 0.6) is 11.5 Å². The first-order valence-electron chi connectivity index (χ1n) is 9.80. The standard InChI is InChI=1S/C22H25NO5S/c1-27-19-9-6-10-20(28-2)21(19)22(24)23-15-11-12-16(23)14-18(13-15)29(25,26)17-7-4-3-5-8-17/h3-10,15-16,18H,11-14H2,1-2H3. The van der Waals surface area contributed by atoms with Crippen molar-refractivity contribution in [3.8, 4) is 11.5 Å². The lowest BCUT2D eigenvalue weighted by Crippen LogP contribution is -2.49. The lowest BCUT2D eigenvalue weighted by molar-refractivity contribution is 0.0591. The molecule has 2 bridgehead atoms. The van der Waals surface area contributed by atoms with Gasteiger partial charge < -0.3 is 14.4 Å². The van der Waals surface area contributed by atoms with Crippen LogP contribution in [0.25, 0.3) is 0 Å². The Kier molecular flexibility index (Phi) is 5.25. The highest BCUT2D eigenvalue weighted by molar-refractivity contribution is 7.92. The van der Waals surface area contributed by atoms with Crippen molar-refractivity contribution in [3.05, 3.63) is 54.1 Å². The zero-order valence-corrected chi connectivity index (χ0v) is 17.4. The normalized spacial score (nSPS) is 23.7. The number of sulfone groups is 1. The summed E-state index contributed by atoms with van der Waals surface area (Å²) in [5.41, 5.74) is 0.402. The molecular weight excluding hydrogens is 390 g/mol. The summed E-state index contributed by atoms with van der Waals surface area (Å²) in [5.74, 6) is 0.780. The van der Waals surface area contributed by atoms with Crippen LogP contribution < -0.4 is 9.47 Å². The molecule has 0 aliphatic carbocycles. The summed E-state index contributed by atoms with van der Waals surface area (Å²) in [5, 5.41) is -0.467. The number of hydrogen-bond acceptors (Lipinski definition) is 5. The van der Waals surface area contributed by atoms with E-state index in [9.17, 15) is 13.2 Å². The predicted molar refractivity (Wildman–Crippen MR) is 109 cm³/mol. The second-order valence-electron chi connectivity index (χ2n) is 7.59. The van der Waals surface area contributed by atoms with Gasteiger partial charge in [0, 0.05) is 12.1 Å². The first-order chi connectivity index (χ1) is 14.0. The van der Waals surface area contributed by atoms with E-state index in [0.29, 0.717) is 34.8 Å². The number of methoxy groups -OCH3 is 2. The zero-order chi connectivity index (χ0) is 20.6. The van der Waals surface area contributed by atoms with Crippen molar-refractivity contribution in [1.29, 1.82) is 0 Å². The highest BCUT2D eigenvalue weighted by atomic mass is 32.2. The van der Waals surface area contributed by atoms with E-state index >= 15 is 0 Å². The third kappa shape index (κ3) is 3.37. The Bertz CT molecular complexity index is 969. The van der Waals surface area contributed by atoms with E-state index in [1.165, 1.54) is 14.2 Å². The molecule has 1 amide bonds. The summed E-state index contributed by atoms with van der Waals surface area (Å²) in [6.45, 7) is 0. The van der Waals surface area contributed by atoms with E-state index < -0.39 is 15.1 Å². The SMILES string of the molecule is COc1cccc(OC)c1C(=O)N1C2CCC1CC(S(=O)(=O)c1ccccc1)C2. The maximum absolute atomic E-state index is 13.5. The molecule has 2 aliphatic heterocycles. The summed E-state index contributed by atoms with van der Waals surface area (Å²) in [4.78, 5) is 15.7. The van der Waals surface area contributed by atoms with Crippen molar-refractivity contribution in [2.45, 2.75) is 47.9 Å². The molecule has 29 heavy (non-hydrogen) atoms. The number of fused-ring (bicyclic) bond motifs is 2. The maximum Gasteiger partial charge on any atom is 0.261 e. The van der Waals surface area contributed by atoms with Gasteiger partial charge in [-0.05, 0) is 49.9 Å². The average molecular weight is 416 g/mol. The van der Waals surface area contributed by atoms with Gasteiger partial charge in [0.2, 0.25) is 0 Å². The minimum Gasteiger partial charge on any atom is -0.496 e. The van der Waals surface area contributed by atoms with Crippen LogP contribution >= 0.6 is 0 Å². The molecule has 154 valence electrons. The molecule has 0 saturated carbocycles. The lowest BCUT2D eigenvalue weighted by atomic mass is 10.00. The topological polar surface area (TPSA) is 72.9 Å². The molecule has 2 unspecified atom stereocenters. The van der Waals surface area contributed by atoms with Crippen LogP contribution in [-0.4, -0.2) is 50.8 Å². The summed E-state index contributed by atoms with van der Waals surface area (Å²) >= 11 is 0. The molecule has 2 heterocycles. The fourth-order valence-electron chi connectivity index (χ4n) is 4.71. The van der Waals surface area contributed by atoms with Gasteiger partial charge in [0.05, 0.1) is 24.4 Å². The number of nitrogens with zero attached hydrogens (tertiary/aromatic N) is 1. The largest absolute Gasteiger partial charge is 0.496 e. The maximum atomic E-state index is 13.5. The van der Waals surface area contributed by atoms with Crippen molar-refractivity contribution in [2.75, 3.05) is 14.2 Å². The van der Waals surface area contributed by atoms with Crippen LogP contribution in [0, 0.1) is 0 Å². The van der Waals surface area contributed by atoms with Crippen LogP contribution in [0.2, 0.25) is 0 Å². The Hall–Kier alpha value is -2.54. The molecule has 0 spiro atoms. The van der Waals surface area contributed by atoms with E-state index in [0.717, 1.165) is 12.8 Å². The van der Waals surface area contributed by atoms with Gasteiger partial charge in [-0.3, -0.25) is 4.79 Å². The van der Waals surface area contributed by atoms with Gasteiger partial charge in [-0.25, -0.2) is 8.42 Å². The minimum absolute atomic E-state index is 0.0978. The van der Waals surface area contributed by atoms with Gasteiger partial charge in [-0.2, -0.15) is 0 Å². The van der Waals surface area contributed by atoms with Crippen molar-refractivity contribution in [2.24, 2.45) is 0 Å². The van der Waals surface area contributed by atoms with Gasteiger partial charge in [0.25, 0.3) is 5.91 Å². The second kappa shape index (κ2) is 7.71. The summed E-state index contributed by atoms with van der Waals surface area (Å²) in [6.07, 6.45) is 2.54. The van der Waals surface area contributed by atoms with Crippen LogP contribution in [-0.2, 0) is 9.84 Å². The molecule has 2 aliphatic rings. The Morgan fingerprint density at radius 2 is 1.45 bits per heavy atom. The zero-order valence-electron chi connectivity index (χ0n) is 16.6. The van der Waals surface area contributed by atoms with Crippen molar-refractivity contribution >= 4 is 15.7 Å². The Balaban J connectivity index is 1.62. The number of hydrogen-bond donors (Lipinski definition) is 0. The monoisotopic (exact) mass is 415 g/mol. The van der Waals surface area contributed by atoms with Crippen LogP contribution in [0.15, 0.2) is 53.4 Å². The molecule has 0 N–H and O–H groups in total. The molecule has 0 radical (unpaired) electrons. The minimum atomic E-state index is -3.41. The molecular formula is C22H25NO5S. The fourth-order valence-corrected chi connectivity index (χ4v) is 6.58. The van der Waals surface area contributed by atoms with E-state index in [1.54, 1.807) is 42.5 Å². The van der Waals surface area contributed by atoms with Crippen molar-refractivity contribution in [1.82, 2.24) is 4.90 Å². The smallest absolute Gasteiger partial charge is 0.261 e. The molecule has 2 saturated heterocycles. The fraction of sp³-hybridized carbons (Fsp3) is 0.409. The number of rotatable bonds is 5. The number of piperidine rings is 1. The van der Waals surface area contributed by atoms with Gasteiger partial charge in [-0.15, -0.1) is 0 Å². The Labute approximate surface area is 171 Å². The molecule has 2 fully saturated rings. The van der Waals surface area contributed by atoms with Crippen molar-refractivity contribution < 1.29 is 22.7 Å². The molecule has 7 heteroatoms. The predicted octanol–water partition coefficient (Wildman–Crippen LogP) is 3.31. The van der Waals surface area contributed by atoms with E-state index in [-0.39, 0.29) is 18.0 Å². The van der Waals surface area contributed by atoms with Gasteiger partial charge >= 0.3 is 0 Å². The van der Waals surface area contributed by atoms with Gasteiger partial charge in [0.15, 0.2) is 9.84 Å². The van der Waals surface area contributed by atoms with Gasteiger partial charge in [-0.1, -0.05) is 24.3 Å². The number of ether oxygens (including phenoxy) is 2. The number of carbonyl (C=O) groups excluding carboxylic acids is 1. The molecule has 2 aromatic rings. The third-order valence-corrected chi connectivity index (χ3v) is 8.27. The van der Waals surface area contributed by atoms with E-state index in [2.05, 4.69) is 0 Å². The first kappa shape index (κ1) is 19.8. The molecule has 2 atom stereocenters. The van der Waals surface area contributed by atoms with Crippen LogP contribution in [0.1, 0.15) is 36.0 Å². The number of carbonyl (C=O) groups is 1. The number of amides is 1. The molecule has 4 rings (SSSR count). The van der Waals surface area contributed by atoms with E-state index in [1.807, 2.05) is 11.0 Å². The molecule has 6 nitrogen and oxygen atoms in total. The summed E-state index contributed by atoms with van der Waals surface area (Å²) < 4.78 is 37.0. The van der Waals surface area contributed by atoms with Crippen LogP contribution in [0.4, 0.5) is 0 Å². The van der Waals surface area contributed by atoms with E-state index in [4.69, 9.17) is 9.47 Å². The number of benzene rings is 2. The van der Waals surface area contributed by atoms with Crippen LogP contribution in [0.3, 0.4) is 0 Å². The molecule has 0 aromatic heterocycles. The quantitative estimate of drug-likeness (QED) is 0.749. The first-order valence-corrected chi connectivity index (χ1v) is 11.3. The third-order valence-electron chi connectivity index (χ3n) is 6.08. The second-order valence-corrected chi connectivity index (χ2v) is 9.81. The average Bonchev–Trinajstić information content (AvgIpc) is 3.01. The lowest BCUT2D eigenvalue weighted by Gasteiger charge is -2.39. The Morgan fingerprint density at radius 3 is 1.97 bits per heavy atom. The Morgan fingerprint density at radius 1 is 0.897 bits per heavy atom.